The Balaban J connectivity index is 2.56. The number of aliphatic hydroxyl groups excluding tert-OH is 1. The number of hydrogen-bond donors (Lipinski definition) is 2. The first-order valence-corrected chi connectivity index (χ1v) is 4.82. The summed E-state index contributed by atoms with van der Waals surface area (Å²) in [5, 5.41) is 9.26. The Kier molecular flexibility index (Phi) is 4.27. The maximum atomic E-state index is 11.5. The van der Waals surface area contributed by atoms with Gasteiger partial charge in [0, 0.05) is 20.1 Å². The summed E-state index contributed by atoms with van der Waals surface area (Å²) in [7, 11) is 1.65. The lowest BCUT2D eigenvalue weighted by Crippen LogP contribution is -2.40. The molecule has 3 N–H and O–H groups in total. The van der Waals surface area contributed by atoms with Gasteiger partial charge in [-0.2, -0.15) is 0 Å². The average molecular weight is 208 g/mol. The number of carbonyl (C=O) groups is 1. The van der Waals surface area contributed by atoms with Crippen molar-refractivity contribution in [3.8, 4) is 0 Å². The van der Waals surface area contributed by atoms with Crippen LogP contribution in [-0.2, 0) is 11.3 Å². The number of likely N-dealkylation sites (N-methyl/N-ethyl adjacent to an activating group) is 1. The lowest BCUT2D eigenvalue weighted by Gasteiger charge is -2.19. The zero-order valence-electron chi connectivity index (χ0n) is 8.76. The minimum Gasteiger partial charge on any atom is -0.382 e. The molecule has 0 heterocycles. The van der Waals surface area contributed by atoms with Gasteiger partial charge in [0.15, 0.2) is 0 Å². The second-order valence-electron chi connectivity index (χ2n) is 3.43. The monoisotopic (exact) mass is 208 g/mol. The molecular weight excluding hydrogens is 192 g/mol. The quantitative estimate of drug-likeness (QED) is 0.730. The first kappa shape index (κ1) is 11.7. The number of nitrogens with zero attached hydrogens (tertiary/aromatic N) is 1. The van der Waals surface area contributed by atoms with Crippen LogP contribution in [-0.4, -0.2) is 35.6 Å². The molecule has 0 spiro atoms. The molecule has 0 saturated heterocycles. The van der Waals surface area contributed by atoms with Gasteiger partial charge in [-0.15, -0.1) is 0 Å². The molecule has 0 aliphatic heterocycles. The Hall–Kier alpha value is -1.39. The smallest absolute Gasteiger partial charge is 0.252 e. The van der Waals surface area contributed by atoms with Crippen LogP contribution in [0.4, 0.5) is 0 Å². The van der Waals surface area contributed by atoms with Crippen LogP contribution in [0.1, 0.15) is 5.56 Å². The Morgan fingerprint density at radius 2 is 2.07 bits per heavy atom. The molecule has 0 radical (unpaired) electrons. The molecule has 0 aromatic heterocycles. The van der Waals surface area contributed by atoms with Gasteiger partial charge in [0.1, 0.15) is 6.10 Å². The molecule has 1 atom stereocenters. The number of aliphatic hydroxyl groups is 1. The molecular formula is C11H16N2O2. The number of benzene rings is 1. The van der Waals surface area contributed by atoms with E-state index in [0.717, 1.165) is 5.56 Å². The third kappa shape index (κ3) is 3.34. The van der Waals surface area contributed by atoms with Crippen LogP contribution < -0.4 is 5.73 Å². The molecule has 15 heavy (non-hydrogen) atoms. The van der Waals surface area contributed by atoms with E-state index in [9.17, 15) is 9.90 Å². The molecule has 0 fully saturated rings. The molecule has 0 bridgehead atoms. The molecule has 1 rings (SSSR count). The lowest BCUT2D eigenvalue weighted by atomic mass is 10.2. The molecule has 0 aliphatic rings. The van der Waals surface area contributed by atoms with Crippen molar-refractivity contribution in [2.24, 2.45) is 5.73 Å². The first-order valence-electron chi connectivity index (χ1n) is 4.82. The van der Waals surface area contributed by atoms with Crippen molar-refractivity contribution in [3.63, 3.8) is 0 Å². The van der Waals surface area contributed by atoms with E-state index >= 15 is 0 Å². The normalized spacial score (nSPS) is 12.2. The molecule has 1 aromatic carbocycles. The maximum absolute atomic E-state index is 11.5. The zero-order valence-corrected chi connectivity index (χ0v) is 8.76. The molecule has 1 amide bonds. The van der Waals surface area contributed by atoms with Crippen molar-refractivity contribution in [2.75, 3.05) is 13.6 Å². The fourth-order valence-corrected chi connectivity index (χ4v) is 1.29. The second-order valence-corrected chi connectivity index (χ2v) is 3.43. The molecule has 1 aromatic rings. The summed E-state index contributed by atoms with van der Waals surface area (Å²) in [5.74, 6) is -0.346. The van der Waals surface area contributed by atoms with E-state index < -0.39 is 6.10 Å². The van der Waals surface area contributed by atoms with E-state index in [2.05, 4.69) is 0 Å². The minimum absolute atomic E-state index is 0.0437. The Morgan fingerprint density at radius 1 is 1.47 bits per heavy atom. The van der Waals surface area contributed by atoms with Gasteiger partial charge in [-0.3, -0.25) is 4.79 Å². The molecule has 0 saturated carbocycles. The minimum atomic E-state index is -1.10. The fraction of sp³-hybridized carbons (Fsp3) is 0.364. The van der Waals surface area contributed by atoms with Gasteiger partial charge in [-0.05, 0) is 5.56 Å². The number of rotatable bonds is 4. The molecule has 1 unspecified atom stereocenters. The zero-order chi connectivity index (χ0) is 11.3. The Morgan fingerprint density at radius 3 is 2.60 bits per heavy atom. The van der Waals surface area contributed by atoms with Crippen LogP contribution in [0, 0.1) is 0 Å². The van der Waals surface area contributed by atoms with Crippen molar-refractivity contribution in [3.05, 3.63) is 35.9 Å². The van der Waals surface area contributed by atoms with Crippen LogP contribution in [0.3, 0.4) is 0 Å². The maximum Gasteiger partial charge on any atom is 0.252 e. The van der Waals surface area contributed by atoms with Crippen molar-refractivity contribution < 1.29 is 9.90 Å². The summed E-state index contributed by atoms with van der Waals surface area (Å²) in [5.41, 5.74) is 6.23. The van der Waals surface area contributed by atoms with E-state index in [4.69, 9.17) is 5.73 Å². The third-order valence-electron chi connectivity index (χ3n) is 2.15. The van der Waals surface area contributed by atoms with Crippen molar-refractivity contribution >= 4 is 5.91 Å². The number of carbonyl (C=O) groups excluding carboxylic acids is 1. The van der Waals surface area contributed by atoms with E-state index in [0.29, 0.717) is 6.54 Å². The molecule has 82 valence electrons. The van der Waals surface area contributed by atoms with E-state index in [-0.39, 0.29) is 12.5 Å². The van der Waals surface area contributed by atoms with Gasteiger partial charge in [0.2, 0.25) is 0 Å². The second kappa shape index (κ2) is 5.48. The van der Waals surface area contributed by atoms with Crippen LogP contribution in [0.5, 0.6) is 0 Å². The summed E-state index contributed by atoms with van der Waals surface area (Å²) < 4.78 is 0. The van der Waals surface area contributed by atoms with Gasteiger partial charge in [0.05, 0.1) is 0 Å². The Labute approximate surface area is 89.3 Å². The van der Waals surface area contributed by atoms with Crippen LogP contribution in [0.2, 0.25) is 0 Å². The predicted octanol–water partition coefficient (Wildman–Crippen LogP) is -0.0354. The molecule has 4 heteroatoms. The average Bonchev–Trinajstić information content (AvgIpc) is 2.28. The summed E-state index contributed by atoms with van der Waals surface area (Å²) in [6.07, 6.45) is -1.10. The Bertz CT molecular complexity index is 314. The van der Waals surface area contributed by atoms with E-state index in [1.807, 2.05) is 30.3 Å². The highest BCUT2D eigenvalue weighted by atomic mass is 16.3. The topological polar surface area (TPSA) is 66.6 Å². The lowest BCUT2D eigenvalue weighted by molar-refractivity contribution is -0.138. The summed E-state index contributed by atoms with van der Waals surface area (Å²) in [6.45, 7) is 0.439. The van der Waals surface area contributed by atoms with E-state index in [1.165, 1.54) is 4.90 Å². The summed E-state index contributed by atoms with van der Waals surface area (Å²) in [6, 6.07) is 9.59. The van der Waals surface area contributed by atoms with Crippen LogP contribution >= 0.6 is 0 Å². The van der Waals surface area contributed by atoms with Gasteiger partial charge in [-0.25, -0.2) is 0 Å². The largest absolute Gasteiger partial charge is 0.382 e. The number of hydrogen-bond acceptors (Lipinski definition) is 3. The number of nitrogens with two attached hydrogens (primary N) is 1. The van der Waals surface area contributed by atoms with Gasteiger partial charge in [0.25, 0.3) is 5.91 Å². The SMILES string of the molecule is CN(Cc1ccccc1)C(=O)C(O)CN. The predicted molar refractivity (Wildman–Crippen MR) is 58.0 cm³/mol. The first-order chi connectivity index (χ1) is 7.15. The van der Waals surface area contributed by atoms with Crippen molar-refractivity contribution in [1.82, 2.24) is 4.90 Å². The van der Waals surface area contributed by atoms with Crippen molar-refractivity contribution in [2.45, 2.75) is 12.6 Å². The van der Waals surface area contributed by atoms with E-state index in [1.54, 1.807) is 7.05 Å². The van der Waals surface area contributed by atoms with Gasteiger partial charge >= 0.3 is 0 Å². The van der Waals surface area contributed by atoms with Gasteiger partial charge < -0.3 is 15.7 Å². The summed E-state index contributed by atoms with van der Waals surface area (Å²) >= 11 is 0. The molecule has 0 aliphatic carbocycles. The third-order valence-corrected chi connectivity index (χ3v) is 2.15. The summed E-state index contributed by atoms with van der Waals surface area (Å²) in [4.78, 5) is 12.9. The van der Waals surface area contributed by atoms with Crippen LogP contribution in [0.15, 0.2) is 30.3 Å². The highest BCUT2D eigenvalue weighted by Gasteiger charge is 2.17. The number of amides is 1. The highest BCUT2D eigenvalue weighted by molar-refractivity contribution is 5.80. The highest BCUT2D eigenvalue weighted by Crippen LogP contribution is 2.03. The standard InChI is InChI=1S/C11H16N2O2/c1-13(11(15)10(14)7-12)8-9-5-3-2-4-6-9/h2-6,10,14H,7-8,12H2,1H3. The fourth-order valence-electron chi connectivity index (χ4n) is 1.29. The van der Waals surface area contributed by atoms with Crippen LogP contribution in [0.25, 0.3) is 0 Å². The van der Waals surface area contributed by atoms with Crippen molar-refractivity contribution in [1.29, 1.82) is 0 Å². The molecule has 4 nitrogen and oxygen atoms in total. The van der Waals surface area contributed by atoms with Gasteiger partial charge in [-0.1, -0.05) is 30.3 Å².